The summed E-state index contributed by atoms with van der Waals surface area (Å²) < 4.78 is 30.6. The monoisotopic (exact) mass is 448 g/mol. The van der Waals surface area contributed by atoms with Crippen molar-refractivity contribution in [2.75, 3.05) is 4.72 Å². The maximum atomic E-state index is 12.8. The average Bonchev–Trinajstić information content (AvgIpc) is 2.97. The standard InChI is InChI=1S/C20H21BrN2O3S/c1-13-5-7-16(8-6-13)27(25,26)22-17-12-15(21)11-14-9-10-23(18(14)17)19(24)20(2,3)4/h5-12,22H,1-4H3. The van der Waals surface area contributed by atoms with E-state index in [-0.39, 0.29) is 10.8 Å². The molecule has 7 heteroatoms. The first-order chi connectivity index (χ1) is 12.5. The van der Waals surface area contributed by atoms with Gasteiger partial charge >= 0.3 is 0 Å². The Hall–Kier alpha value is -2.12. The number of anilines is 1. The molecule has 0 saturated carbocycles. The summed E-state index contributed by atoms with van der Waals surface area (Å²) in [5.74, 6) is -0.115. The van der Waals surface area contributed by atoms with E-state index in [1.807, 2.05) is 33.8 Å². The van der Waals surface area contributed by atoms with Gasteiger partial charge in [-0.2, -0.15) is 0 Å². The van der Waals surface area contributed by atoms with Crippen LogP contribution in [-0.4, -0.2) is 18.9 Å². The third-order valence-electron chi connectivity index (χ3n) is 4.18. The van der Waals surface area contributed by atoms with Crippen molar-refractivity contribution in [2.24, 2.45) is 5.41 Å². The smallest absolute Gasteiger partial charge is 0.261 e. The maximum Gasteiger partial charge on any atom is 0.261 e. The lowest BCUT2D eigenvalue weighted by Crippen LogP contribution is -2.26. The van der Waals surface area contributed by atoms with Crippen LogP contribution in [0.4, 0.5) is 5.69 Å². The highest BCUT2D eigenvalue weighted by Gasteiger charge is 2.26. The molecule has 142 valence electrons. The molecule has 2 aromatic carbocycles. The number of hydrogen-bond donors (Lipinski definition) is 1. The molecule has 0 saturated heterocycles. The second kappa shape index (κ2) is 6.80. The fourth-order valence-electron chi connectivity index (χ4n) is 2.78. The second-order valence-electron chi connectivity index (χ2n) is 7.55. The fraction of sp³-hybridized carbons (Fsp3) is 0.250. The minimum Gasteiger partial charge on any atom is -0.285 e. The van der Waals surface area contributed by atoms with E-state index < -0.39 is 15.4 Å². The van der Waals surface area contributed by atoms with Crippen LogP contribution in [0.3, 0.4) is 0 Å². The van der Waals surface area contributed by atoms with Crippen molar-refractivity contribution >= 4 is 48.5 Å². The molecule has 0 aliphatic rings. The molecule has 0 atom stereocenters. The number of rotatable bonds is 3. The number of benzene rings is 2. The van der Waals surface area contributed by atoms with Crippen LogP contribution in [0.2, 0.25) is 0 Å². The number of sulfonamides is 1. The molecule has 3 aromatic rings. The topological polar surface area (TPSA) is 68.2 Å². The number of nitrogens with zero attached hydrogens (tertiary/aromatic N) is 1. The zero-order valence-corrected chi connectivity index (χ0v) is 18.0. The van der Waals surface area contributed by atoms with Crippen molar-refractivity contribution in [3.05, 3.63) is 58.7 Å². The van der Waals surface area contributed by atoms with Crippen molar-refractivity contribution < 1.29 is 13.2 Å². The van der Waals surface area contributed by atoms with Gasteiger partial charge in [0.1, 0.15) is 0 Å². The second-order valence-corrected chi connectivity index (χ2v) is 10.1. The third kappa shape index (κ3) is 3.94. The summed E-state index contributed by atoms with van der Waals surface area (Å²) >= 11 is 3.41. The first-order valence-electron chi connectivity index (χ1n) is 8.44. The summed E-state index contributed by atoms with van der Waals surface area (Å²) in [7, 11) is -3.79. The molecular weight excluding hydrogens is 428 g/mol. The first kappa shape index (κ1) is 19.6. The summed E-state index contributed by atoms with van der Waals surface area (Å²) in [6.45, 7) is 7.38. The molecule has 0 fully saturated rings. The van der Waals surface area contributed by atoms with Crippen LogP contribution >= 0.6 is 15.9 Å². The SMILES string of the molecule is Cc1ccc(S(=O)(=O)Nc2cc(Br)cc3ccn(C(=O)C(C)(C)C)c23)cc1. The molecule has 0 spiro atoms. The Balaban J connectivity index is 2.15. The summed E-state index contributed by atoms with van der Waals surface area (Å²) in [5.41, 5.74) is 1.26. The average molecular weight is 449 g/mol. The zero-order chi connectivity index (χ0) is 20.0. The molecule has 0 bridgehead atoms. The predicted octanol–water partition coefficient (Wildman–Crippen LogP) is 5.20. The van der Waals surface area contributed by atoms with Gasteiger partial charge in [-0.1, -0.05) is 54.4 Å². The largest absolute Gasteiger partial charge is 0.285 e. The Morgan fingerprint density at radius 2 is 1.70 bits per heavy atom. The number of fused-ring (bicyclic) bond motifs is 1. The highest BCUT2D eigenvalue weighted by Crippen LogP contribution is 2.32. The van der Waals surface area contributed by atoms with Gasteiger partial charge in [0, 0.05) is 21.5 Å². The molecule has 5 nitrogen and oxygen atoms in total. The molecule has 1 heterocycles. The van der Waals surface area contributed by atoms with Crippen molar-refractivity contribution in [1.29, 1.82) is 0 Å². The Labute approximate surface area is 167 Å². The highest BCUT2D eigenvalue weighted by atomic mass is 79.9. The van der Waals surface area contributed by atoms with E-state index in [0.717, 1.165) is 15.4 Å². The molecule has 0 aliphatic heterocycles. The van der Waals surface area contributed by atoms with Gasteiger partial charge in [0.05, 0.1) is 16.1 Å². The Bertz CT molecular complexity index is 1120. The van der Waals surface area contributed by atoms with Gasteiger partial charge in [0.25, 0.3) is 10.0 Å². The Morgan fingerprint density at radius 3 is 2.30 bits per heavy atom. The van der Waals surface area contributed by atoms with Crippen molar-refractivity contribution in [1.82, 2.24) is 4.57 Å². The van der Waals surface area contributed by atoms with Gasteiger partial charge in [-0.05, 0) is 37.3 Å². The minimum absolute atomic E-state index is 0.115. The molecule has 27 heavy (non-hydrogen) atoms. The predicted molar refractivity (Wildman–Crippen MR) is 112 cm³/mol. The van der Waals surface area contributed by atoms with E-state index in [0.29, 0.717) is 11.2 Å². The van der Waals surface area contributed by atoms with Gasteiger partial charge in [-0.25, -0.2) is 8.42 Å². The summed E-state index contributed by atoms with van der Waals surface area (Å²) in [5, 5.41) is 0.767. The third-order valence-corrected chi connectivity index (χ3v) is 6.02. The molecule has 1 aromatic heterocycles. The van der Waals surface area contributed by atoms with Crippen LogP contribution in [0, 0.1) is 12.3 Å². The molecular formula is C20H21BrN2O3S. The quantitative estimate of drug-likeness (QED) is 0.598. The lowest BCUT2D eigenvalue weighted by molar-refractivity contribution is 0.0773. The van der Waals surface area contributed by atoms with Crippen LogP contribution in [-0.2, 0) is 10.0 Å². The van der Waals surface area contributed by atoms with Crippen molar-refractivity contribution in [2.45, 2.75) is 32.6 Å². The Morgan fingerprint density at radius 1 is 1.07 bits per heavy atom. The van der Waals surface area contributed by atoms with Crippen LogP contribution in [0.15, 0.2) is 58.0 Å². The summed E-state index contributed by atoms with van der Waals surface area (Å²) in [6.07, 6.45) is 1.67. The summed E-state index contributed by atoms with van der Waals surface area (Å²) in [6, 6.07) is 11.9. The number of nitrogens with one attached hydrogen (secondary N) is 1. The highest BCUT2D eigenvalue weighted by molar-refractivity contribution is 9.10. The molecule has 1 N–H and O–H groups in total. The molecule has 0 aliphatic carbocycles. The number of carbonyl (C=O) groups excluding carboxylic acids is 1. The Kier molecular flexibility index (Phi) is 4.94. The van der Waals surface area contributed by atoms with E-state index in [1.165, 1.54) is 4.57 Å². The van der Waals surface area contributed by atoms with Crippen molar-refractivity contribution in [3.8, 4) is 0 Å². The number of aromatic nitrogens is 1. The van der Waals surface area contributed by atoms with Crippen LogP contribution in [0.5, 0.6) is 0 Å². The van der Waals surface area contributed by atoms with Crippen LogP contribution in [0.25, 0.3) is 10.9 Å². The van der Waals surface area contributed by atoms with Crippen molar-refractivity contribution in [3.63, 3.8) is 0 Å². The van der Waals surface area contributed by atoms with Gasteiger partial charge in [-0.3, -0.25) is 14.1 Å². The van der Waals surface area contributed by atoms with E-state index in [1.54, 1.807) is 42.6 Å². The van der Waals surface area contributed by atoms with Gasteiger partial charge in [0.2, 0.25) is 5.91 Å². The first-order valence-corrected chi connectivity index (χ1v) is 10.7. The molecule has 3 rings (SSSR count). The van der Waals surface area contributed by atoms with E-state index in [4.69, 9.17) is 0 Å². The number of aryl methyl sites for hydroxylation is 1. The van der Waals surface area contributed by atoms with E-state index in [2.05, 4.69) is 20.7 Å². The molecule has 0 unspecified atom stereocenters. The van der Waals surface area contributed by atoms with Crippen LogP contribution < -0.4 is 4.72 Å². The fourth-order valence-corrected chi connectivity index (χ4v) is 4.31. The van der Waals surface area contributed by atoms with E-state index in [9.17, 15) is 13.2 Å². The summed E-state index contributed by atoms with van der Waals surface area (Å²) in [4.78, 5) is 13.0. The number of halogens is 1. The molecule has 0 radical (unpaired) electrons. The van der Waals surface area contributed by atoms with Crippen LogP contribution in [0.1, 0.15) is 31.1 Å². The normalized spacial score (nSPS) is 12.3. The van der Waals surface area contributed by atoms with E-state index >= 15 is 0 Å². The van der Waals surface area contributed by atoms with Gasteiger partial charge in [0.15, 0.2) is 0 Å². The zero-order valence-electron chi connectivity index (χ0n) is 15.6. The number of carbonyl (C=O) groups is 1. The van der Waals surface area contributed by atoms with Gasteiger partial charge in [-0.15, -0.1) is 0 Å². The lowest BCUT2D eigenvalue weighted by Gasteiger charge is -2.19. The maximum absolute atomic E-state index is 12.8. The van der Waals surface area contributed by atoms with Gasteiger partial charge < -0.3 is 0 Å². The molecule has 0 amide bonds. The number of hydrogen-bond acceptors (Lipinski definition) is 3. The lowest BCUT2D eigenvalue weighted by atomic mass is 9.95. The minimum atomic E-state index is -3.79.